The number of carbonyl (C=O) groups excluding carboxylic acids is 1. The summed E-state index contributed by atoms with van der Waals surface area (Å²) in [5.74, 6) is 1.01. The van der Waals surface area contributed by atoms with Crippen molar-refractivity contribution in [1.82, 2.24) is 0 Å². The van der Waals surface area contributed by atoms with Crippen LogP contribution in [0.25, 0.3) is 0 Å². The highest BCUT2D eigenvalue weighted by Gasteiger charge is 2.33. The molecule has 0 saturated heterocycles. The zero-order valence-corrected chi connectivity index (χ0v) is 7.97. The summed E-state index contributed by atoms with van der Waals surface area (Å²) in [6.45, 7) is 2.07. The Labute approximate surface area is 77.9 Å². The lowest BCUT2D eigenvalue weighted by molar-refractivity contribution is -0.116. The van der Waals surface area contributed by atoms with Gasteiger partial charge in [-0.3, -0.25) is 4.79 Å². The number of thiol groups is 1. The van der Waals surface area contributed by atoms with E-state index < -0.39 is 0 Å². The monoisotopic (exact) mass is 180 g/mol. The second kappa shape index (κ2) is 2.77. The third-order valence-corrected chi connectivity index (χ3v) is 2.73. The first-order valence-corrected chi connectivity index (χ1v) is 4.80. The van der Waals surface area contributed by atoms with Gasteiger partial charge in [0.2, 0.25) is 0 Å². The Morgan fingerprint density at radius 1 is 1.50 bits per heavy atom. The molecule has 1 saturated carbocycles. The average Bonchev–Trinajstić information content (AvgIpc) is 2.77. The highest BCUT2D eigenvalue weighted by atomic mass is 32.1. The number of hydrogen-bond acceptors (Lipinski definition) is 2. The third-order valence-electron chi connectivity index (χ3n) is 2.34. The molecule has 0 bridgehead atoms. The van der Waals surface area contributed by atoms with E-state index in [1.165, 1.54) is 0 Å². The molecule has 2 aliphatic rings. The predicted octanol–water partition coefficient (Wildman–Crippen LogP) is 2.36. The lowest BCUT2D eigenvalue weighted by Crippen LogP contribution is -2.03. The second-order valence-corrected chi connectivity index (χ2v) is 4.11. The van der Waals surface area contributed by atoms with Crippen LogP contribution >= 0.6 is 12.6 Å². The van der Waals surface area contributed by atoms with Crippen LogP contribution in [0, 0.1) is 11.8 Å². The van der Waals surface area contributed by atoms with E-state index in [9.17, 15) is 4.79 Å². The molecule has 12 heavy (non-hydrogen) atoms. The van der Waals surface area contributed by atoms with Gasteiger partial charge in [-0.15, -0.1) is 12.6 Å². The summed E-state index contributed by atoms with van der Waals surface area (Å²) in [6.07, 6.45) is 6.19. The van der Waals surface area contributed by atoms with Crippen LogP contribution in [0.5, 0.6) is 0 Å². The van der Waals surface area contributed by atoms with Crippen molar-refractivity contribution in [3.63, 3.8) is 0 Å². The van der Waals surface area contributed by atoms with Crippen molar-refractivity contribution < 1.29 is 4.79 Å². The first-order chi connectivity index (χ1) is 5.68. The van der Waals surface area contributed by atoms with Crippen LogP contribution in [0.4, 0.5) is 0 Å². The summed E-state index contributed by atoms with van der Waals surface area (Å²) >= 11 is 4.28. The largest absolute Gasteiger partial charge is 0.294 e. The van der Waals surface area contributed by atoms with Crippen molar-refractivity contribution in [3.05, 3.63) is 22.6 Å². The minimum absolute atomic E-state index is 0.306. The van der Waals surface area contributed by atoms with Gasteiger partial charge in [0.05, 0.1) is 0 Å². The van der Waals surface area contributed by atoms with Crippen LogP contribution in [-0.4, -0.2) is 5.78 Å². The molecule has 0 amide bonds. The van der Waals surface area contributed by atoms with E-state index in [2.05, 4.69) is 19.6 Å². The van der Waals surface area contributed by atoms with Gasteiger partial charge in [0.15, 0.2) is 5.78 Å². The van der Waals surface area contributed by atoms with Gasteiger partial charge in [-0.25, -0.2) is 0 Å². The molecule has 64 valence electrons. The van der Waals surface area contributed by atoms with Crippen molar-refractivity contribution in [3.8, 4) is 0 Å². The van der Waals surface area contributed by atoms with Crippen LogP contribution in [-0.2, 0) is 4.79 Å². The minimum atomic E-state index is 0.306. The molecule has 2 heteroatoms. The molecule has 1 unspecified atom stereocenters. The van der Waals surface area contributed by atoms with E-state index in [0.29, 0.717) is 17.6 Å². The van der Waals surface area contributed by atoms with E-state index in [1.807, 2.05) is 12.2 Å². The van der Waals surface area contributed by atoms with Crippen molar-refractivity contribution in [2.75, 3.05) is 0 Å². The molecule has 2 aliphatic carbocycles. The van der Waals surface area contributed by atoms with Gasteiger partial charge in [-0.05, 0) is 18.8 Å². The lowest BCUT2D eigenvalue weighted by Gasteiger charge is -1.99. The van der Waals surface area contributed by atoms with E-state index in [0.717, 1.165) is 23.3 Å². The Bertz CT molecular complexity index is 284. The maximum Gasteiger partial charge on any atom is 0.166 e. The number of hydrogen-bond donors (Lipinski definition) is 1. The molecule has 1 atom stereocenters. The highest BCUT2D eigenvalue weighted by molar-refractivity contribution is 7.84. The maximum atomic E-state index is 11.6. The fourth-order valence-corrected chi connectivity index (χ4v) is 1.93. The number of Topliss-reactive ketones (excluding diaryl/α,β-unsaturated/α-hetero) is 1. The zero-order chi connectivity index (χ0) is 8.72. The summed E-state index contributed by atoms with van der Waals surface area (Å²) in [5.41, 5.74) is 0.855. The predicted molar refractivity (Wildman–Crippen MR) is 52.0 cm³/mol. The Morgan fingerprint density at radius 3 is 2.58 bits per heavy atom. The molecule has 0 aromatic rings. The second-order valence-electron chi connectivity index (χ2n) is 3.63. The molecule has 0 radical (unpaired) electrons. The number of carbonyl (C=O) groups is 1. The summed E-state index contributed by atoms with van der Waals surface area (Å²) in [6, 6.07) is 0. The first kappa shape index (κ1) is 8.11. The third kappa shape index (κ3) is 1.36. The summed E-state index contributed by atoms with van der Waals surface area (Å²) in [7, 11) is 0. The van der Waals surface area contributed by atoms with Gasteiger partial charge >= 0.3 is 0 Å². The van der Waals surface area contributed by atoms with Gasteiger partial charge in [0.25, 0.3) is 0 Å². The fraction of sp³-hybridized carbons (Fsp3) is 0.500. The summed E-state index contributed by atoms with van der Waals surface area (Å²) < 4.78 is 0. The van der Waals surface area contributed by atoms with E-state index in [1.54, 1.807) is 0 Å². The molecule has 1 nitrogen and oxygen atoms in total. The molecule has 0 aliphatic heterocycles. The van der Waals surface area contributed by atoms with Crippen LogP contribution < -0.4 is 0 Å². The van der Waals surface area contributed by atoms with Gasteiger partial charge in [-0.1, -0.05) is 19.1 Å². The lowest BCUT2D eigenvalue weighted by atomic mass is 10.1. The van der Waals surface area contributed by atoms with Gasteiger partial charge in [-0.2, -0.15) is 0 Å². The molecule has 0 aromatic carbocycles. The Kier molecular flexibility index (Phi) is 1.87. The number of ketones is 1. The highest BCUT2D eigenvalue weighted by Crippen LogP contribution is 2.37. The molecule has 0 heterocycles. The van der Waals surface area contributed by atoms with Crippen LogP contribution in [0.3, 0.4) is 0 Å². The normalized spacial score (nSPS) is 28.3. The minimum Gasteiger partial charge on any atom is -0.294 e. The Hall–Kier alpha value is -0.500. The van der Waals surface area contributed by atoms with E-state index in [4.69, 9.17) is 0 Å². The molecule has 2 rings (SSSR count). The molecular formula is C10H12OS. The quantitative estimate of drug-likeness (QED) is 0.645. The van der Waals surface area contributed by atoms with Crippen LogP contribution in [0.15, 0.2) is 22.6 Å². The topological polar surface area (TPSA) is 17.1 Å². The smallest absolute Gasteiger partial charge is 0.166 e. The van der Waals surface area contributed by atoms with E-state index >= 15 is 0 Å². The summed E-state index contributed by atoms with van der Waals surface area (Å²) in [4.78, 5) is 12.5. The molecule has 1 fully saturated rings. The van der Waals surface area contributed by atoms with Gasteiger partial charge in [0, 0.05) is 16.4 Å². The maximum absolute atomic E-state index is 11.6. The molecular weight excluding hydrogens is 168 g/mol. The first-order valence-electron chi connectivity index (χ1n) is 4.35. The fourth-order valence-electron chi connectivity index (χ4n) is 1.51. The summed E-state index contributed by atoms with van der Waals surface area (Å²) in [5, 5.41) is 0. The molecule has 0 aromatic heterocycles. The van der Waals surface area contributed by atoms with Gasteiger partial charge in [0.1, 0.15) is 0 Å². The molecule has 0 spiro atoms. The van der Waals surface area contributed by atoms with Crippen molar-refractivity contribution in [2.24, 2.45) is 11.8 Å². The van der Waals surface area contributed by atoms with Crippen LogP contribution in [0.1, 0.15) is 19.8 Å². The Morgan fingerprint density at radius 2 is 2.17 bits per heavy atom. The average molecular weight is 180 g/mol. The zero-order valence-electron chi connectivity index (χ0n) is 7.08. The standard InChI is InChI=1S/C10H12OS/c1-6-4-8(9(12)5-6)10(11)7-2-3-7/h4-7,12H,2-3H2,1H3. The van der Waals surface area contributed by atoms with Crippen LogP contribution in [0.2, 0.25) is 0 Å². The van der Waals surface area contributed by atoms with Gasteiger partial charge < -0.3 is 0 Å². The Balaban J connectivity index is 2.18. The van der Waals surface area contributed by atoms with Crippen molar-refractivity contribution >= 4 is 18.4 Å². The number of rotatable bonds is 2. The SMILES string of the molecule is CC1C=C(S)C(C(=O)C2CC2)=C1. The number of allylic oxidation sites excluding steroid dienone is 3. The van der Waals surface area contributed by atoms with E-state index in [-0.39, 0.29) is 0 Å². The van der Waals surface area contributed by atoms with Crippen molar-refractivity contribution in [2.45, 2.75) is 19.8 Å². The van der Waals surface area contributed by atoms with Crippen molar-refractivity contribution in [1.29, 1.82) is 0 Å². The molecule has 0 N–H and O–H groups in total.